The first-order chi connectivity index (χ1) is 11.4. The molecule has 0 aliphatic carbocycles. The van der Waals surface area contributed by atoms with Crippen LogP contribution >= 0.6 is 24.0 Å². The average molecular weight is 362 g/mol. The number of likely N-dealkylation sites (N-methyl/N-ethyl adjacent to an activating group) is 1. The van der Waals surface area contributed by atoms with Crippen LogP contribution in [-0.2, 0) is 14.4 Å². The summed E-state index contributed by atoms with van der Waals surface area (Å²) in [6.07, 6.45) is 0.280. The number of nitrogens with zero attached hydrogens (tertiary/aromatic N) is 2. The zero-order valence-electron chi connectivity index (χ0n) is 12.8. The smallest absolute Gasteiger partial charge is 0.303 e. The van der Waals surface area contributed by atoms with Crippen LogP contribution in [0.5, 0.6) is 0 Å². The molecule has 0 spiro atoms. The van der Waals surface area contributed by atoms with Crippen molar-refractivity contribution in [3.63, 3.8) is 0 Å². The van der Waals surface area contributed by atoms with E-state index in [9.17, 15) is 14.4 Å². The number of anilines is 1. The van der Waals surface area contributed by atoms with Gasteiger partial charge in [0.15, 0.2) is 0 Å². The van der Waals surface area contributed by atoms with E-state index in [1.165, 1.54) is 9.80 Å². The summed E-state index contributed by atoms with van der Waals surface area (Å²) in [5.74, 6) is -1.48. The van der Waals surface area contributed by atoms with E-state index in [2.05, 4.69) is 0 Å². The number of thiocarbonyl (C=S) groups is 1. The van der Waals surface area contributed by atoms with Gasteiger partial charge in [-0.05, 0) is 12.5 Å². The van der Waals surface area contributed by atoms with Gasteiger partial charge < -0.3 is 10.0 Å². The Hall–Kier alpha value is -2.19. The Kier molecular flexibility index (Phi) is 4.42. The Balaban J connectivity index is 1.94. The predicted octanol–water partition coefficient (Wildman–Crippen LogP) is 2.10. The summed E-state index contributed by atoms with van der Waals surface area (Å²) in [6.45, 7) is 0.236. The molecule has 1 saturated heterocycles. The van der Waals surface area contributed by atoms with E-state index in [0.717, 1.165) is 23.0 Å². The highest BCUT2D eigenvalue weighted by atomic mass is 32.2. The Bertz CT molecular complexity index is 803. The molecule has 1 N–H and O–H groups in total. The molecular weight excluding hydrogens is 348 g/mol. The summed E-state index contributed by atoms with van der Waals surface area (Å²) >= 11 is 6.34. The molecular formula is C16H14N2O4S2. The van der Waals surface area contributed by atoms with Crippen LogP contribution in [0.1, 0.15) is 18.4 Å². The van der Waals surface area contributed by atoms with E-state index in [4.69, 9.17) is 17.3 Å². The number of amides is 2. The molecule has 8 heteroatoms. The molecule has 0 aromatic heterocycles. The third-order valence-electron chi connectivity index (χ3n) is 3.90. The lowest BCUT2D eigenvalue weighted by molar-refractivity contribution is -0.137. The summed E-state index contributed by atoms with van der Waals surface area (Å²) in [5.41, 5.74) is 1.84. The minimum Gasteiger partial charge on any atom is -0.481 e. The van der Waals surface area contributed by atoms with Crippen LogP contribution in [0.25, 0.3) is 5.57 Å². The first-order valence-corrected chi connectivity index (χ1v) is 8.51. The molecule has 0 atom stereocenters. The maximum atomic E-state index is 12.7. The molecule has 2 aliphatic rings. The highest BCUT2D eigenvalue weighted by Gasteiger charge is 2.40. The van der Waals surface area contributed by atoms with E-state index < -0.39 is 5.97 Å². The number of benzene rings is 1. The number of carboxylic acids is 1. The Morgan fingerprint density at radius 2 is 1.96 bits per heavy atom. The lowest BCUT2D eigenvalue weighted by atomic mass is 10.1. The molecule has 1 fully saturated rings. The lowest BCUT2D eigenvalue weighted by Crippen LogP contribution is -2.30. The monoisotopic (exact) mass is 362 g/mol. The lowest BCUT2D eigenvalue weighted by Gasteiger charge is -2.13. The molecule has 1 aromatic rings. The molecule has 3 rings (SSSR count). The molecule has 2 amide bonds. The van der Waals surface area contributed by atoms with Gasteiger partial charge >= 0.3 is 5.97 Å². The van der Waals surface area contributed by atoms with Crippen LogP contribution in [0.3, 0.4) is 0 Å². The maximum absolute atomic E-state index is 12.7. The number of thioether (sulfide) groups is 1. The molecule has 24 heavy (non-hydrogen) atoms. The van der Waals surface area contributed by atoms with Crippen molar-refractivity contribution in [2.45, 2.75) is 12.8 Å². The molecule has 2 aliphatic heterocycles. The zero-order valence-corrected chi connectivity index (χ0v) is 14.4. The summed E-state index contributed by atoms with van der Waals surface area (Å²) in [5, 5.41) is 8.72. The Morgan fingerprint density at radius 3 is 2.67 bits per heavy atom. The van der Waals surface area contributed by atoms with E-state index in [-0.39, 0.29) is 24.8 Å². The van der Waals surface area contributed by atoms with Crippen LogP contribution in [0, 0.1) is 0 Å². The Labute approximate surface area is 148 Å². The largest absolute Gasteiger partial charge is 0.481 e. The van der Waals surface area contributed by atoms with Crippen LogP contribution < -0.4 is 4.90 Å². The molecule has 2 heterocycles. The van der Waals surface area contributed by atoms with Crippen molar-refractivity contribution in [1.82, 2.24) is 4.90 Å². The number of carboxylic acid groups (broad SMARTS) is 1. The highest BCUT2D eigenvalue weighted by Crippen LogP contribution is 2.43. The normalized spacial score (nSPS) is 20.1. The second-order valence-electron chi connectivity index (χ2n) is 5.41. The number of carbonyl (C=O) groups excluding carboxylic acids is 2. The topological polar surface area (TPSA) is 77.9 Å². The van der Waals surface area contributed by atoms with Crippen molar-refractivity contribution in [2.75, 3.05) is 18.5 Å². The summed E-state index contributed by atoms with van der Waals surface area (Å²) in [7, 11) is 1.67. The van der Waals surface area contributed by atoms with E-state index in [1.807, 2.05) is 24.3 Å². The van der Waals surface area contributed by atoms with Gasteiger partial charge in [0.05, 0.1) is 16.2 Å². The molecule has 6 nitrogen and oxygen atoms in total. The zero-order chi connectivity index (χ0) is 17.4. The standard InChI is InChI=1S/C16H14N2O4S2/c1-17-10-6-3-2-5-9(10)12(14(17)21)13-15(22)18(16(23)24-13)8-4-7-11(19)20/h2-3,5-6H,4,7-8H2,1H3,(H,19,20)/b13-12+. The van der Waals surface area contributed by atoms with Crippen molar-refractivity contribution in [1.29, 1.82) is 0 Å². The second kappa shape index (κ2) is 6.37. The SMILES string of the molecule is CN1C(=O)/C(=C2/SC(=S)N(CCCC(=O)O)C2=O)c2ccccc21. The predicted molar refractivity (Wildman–Crippen MR) is 95.5 cm³/mol. The van der Waals surface area contributed by atoms with Crippen LogP contribution in [0.4, 0.5) is 5.69 Å². The molecule has 124 valence electrons. The van der Waals surface area contributed by atoms with Crippen molar-refractivity contribution < 1.29 is 19.5 Å². The van der Waals surface area contributed by atoms with Crippen LogP contribution in [-0.4, -0.2) is 45.7 Å². The van der Waals surface area contributed by atoms with Crippen molar-refractivity contribution in [3.05, 3.63) is 34.7 Å². The summed E-state index contributed by atoms with van der Waals surface area (Å²) in [4.78, 5) is 39.1. The molecule has 0 saturated carbocycles. The number of carbonyl (C=O) groups is 3. The second-order valence-corrected chi connectivity index (χ2v) is 7.05. The first-order valence-electron chi connectivity index (χ1n) is 7.29. The van der Waals surface area contributed by atoms with Gasteiger partial charge in [-0.15, -0.1) is 0 Å². The van der Waals surface area contributed by atoms with E-state index >= 15 is 0 Å². The maximum Gasteiger partial charge on any atom is 0.303 e. The fraction of sp³-hybridized carbons (Fsp3) is 0.250. The van der Waals surface area contributed by atoms with Gasteiger partial charge in [-0.25, -0.2) is 0 Å². The fourth-order valence-corrected chi connectivity index (χ4v) is 4.10. The Morgan fingerprint density at radius 1 is 1.25 bits per heavy atom. The van der Waals surface area contributed by atoms with E-state index in [1.54, 1.807) is 7.05 Å². The van der Waals surface area contributed by atoms with Crippen molar-refractivity contribution >= 4 is 57.3 Å². The number of aliphatic carboxylic acids is 1. The molecule has 0 radical (unpaired) electrons. The summed E-state index contributed by atoms with van der Waals surface area (Å²) < 4.78 is 0.354. The van der Waals surface area contributed by atoms with Crippen LogP contribution in [0.2, 0.25) is 0 Å². The van der Waals surface area contributed by atoms with Gasteiger partial charge in [0.2, 0.25) is 0 Å². The first kappa shape index (κ1) is 16.7. The van der Waals surface area contributed by atoms with Gasteiger partial charge in [-0.3, -0.25) is 19.3 Å². The van der Waals surface area contributed by atoms with Crippen LogP contribution in [0.15, 0.2) is 29.2 Å². The molecule has 1 aromatic carbocycles. The van der Waals surface area contributed by atoms with Gasteiger partial charge in [0.1, 0.15) is 4.32 Å². The number of hydrogen-bond donors (Lipinski definition) is 1. The fourth-order valence-electron chi connectivity index (χ4n) is 2.72. The van der Waals surface area contributed by atoms with Crippen molar-refractivity contribution in [2.24, 2.45) is 0 Å². The highest BCUT2D eigenvalue weighted by molar-refractivity contribution is 8.26. The minimum atomic E-state index is -0.916. The van der Waals surface area contributed by atoms with Gasteiger partial charge in [-0.2, -0.15) is 0 Å². The average Bonchev–Trinajstić information content (AvgIpc) is 2.96. The quantitative estimate of drug-likeness (QED) is 0.653. The van der Waals surface area contributed by atoms with Gasteiger partial charge in [0.25, 0.3) is 11.8 Å². The van der Waals surface area contributed by atoms with Crippen molar-refractivity contribution in [3.8, 4) is 0 Å². The number of fused-ring (bicyclic) bond motifs is 1. The van der Waals surface area contributed by atoms with Gasteiger partial charge in [-0.1, -0.05) is 42.2 Å². The number of para-hydroxylation sites is 1. The third kappa shape index (κ3) is 2.71. The number of hydrogen-bond acceptors (Lipinski definition) is 5. The third-order valence-corrected chi connectivity index (χ3v) is 5.35. The number of rotatable bonds is 4. The molecule has 0 bridgehead atoms. The van der Waals surface area contributed by atoms with Gasteiger partial charge in [0, 0.05) is 25.6 Å². The van der Waals surface area contributed by atoms with E-state index in [0.29, 0.717) is 21.2 Å². The summed E-state index contributed by atoms with van der Waals surface area (Å²) in [6, 6.07) is 7.29. The minimum absolute atomic E-state index is 0.0343. The molecule has 0 unspecified atom stereocenters.